The predicted molar refractivity (Wildman–Crippen MR) is 91.0 cm³/mol. The Kier molecular flexibility index (Phi) is 5.45. The van der Waals surface area contributed by atoms with E-state index in [2.05, 4.69) is 0 Å². The van der Waals surface area contributed by atoms with Crippen LogP contribution in [0.3, 0.4) is 0 Å². The number of hydrogen-bond donors (Lipinski definition) is 1. The van der Waals surface area contributed by atoms with Gasteiger partial charge >= 0.3 is 5.97 Å². The lowest BCUT2D eigenvalue weighted by atomic mass is 9.68. The molecule has 0 amide bonds. The first-order valence-corrected chi connectivity index (χ1v) is 8.45. The standard InChI is InChI=1S/C18H25ClO4/c1-11(2)12-10-13(22-3)16(23-4)14(15(12)19)18(17(20)21)8-6-5-7-9-18/h10-11H,5-9H2,1-4H3,(H,20,21). The third kappa shape index (κ3) is 3.01. The number of carboxylic acids is 1. The Labute approximate surface area is 142 Å². The summed E-state index contributed by atoms with van der Waals surface area (Å²) < 4.78 is 11.0. The molecule has 1 aromatic rings. The molecule has 1 aromatic carbocycles. The molecule has 0 radical (unpaired) electrons. The van der Waals surface area contributed by atoms with E-state index in [1.165, 1.54) is 7.11 Å². The number of methoxy groups -OCH3 is 2. The quantitative estimate of drug-likeness (QED) is 0.839. The summed E-state index contributed by atoms with van der Waals surface area (Å²) in [5.74, 6) is 0.323. The molecule has 23 heavy (non-hydrogen) atoms. The fourth-order valence-electron chi connectivity index (χ4n) is 3.57. The summed E-state index contributed by atoms with van der Waals surface area (Å²) >= 11 is 6.68. The van der Waals surface area contributed by atoms with Crippen molar-refractivity contribution >= 4 is 17.6 Å². The molecule has 0 spiro atoms. The van der Waals surface area contributed by atoms with Gasteiger partial charge in [-0.3, -0.25) is 4.79 Å². The molecule has 1 aliphatic rings. The van der Waals surface area contributed by atoms with Crippen LogP contribution in [0.2, 0.25) is 5.02 Å². The van der Waals surface area contributed by atoms with E-state index < -0.39 is 11.4 Å². The van der Waals surface area contributed by atoms with E-state index in [0.717, 1.165) is 24.8 Å². The van der Waals surface area contributed by atoms with Crippen molar-refractivity contribution in [3.8, 4) is 11.5 Å². The number of aliphatic carboxylic acids is 1. The van der Waals surface area contributed by atoms with Crippen LogP contribution in [-0.4, -0.2) is 25.3 Å². The van der Waals surface area contributed by atoms with Crippen LogP contribution in [0.4, 0.5) is 0 Å². The summed E-state index contributed by atoms with van der Waals surface area (Å²) in [6.45, 7) is 4.07. The van der Waals surface area contributed by atoms with E-state index in [9.17, 15) is 9.90 Å². The minimum atomic E-state index is -1.00. The Balaban J connectivity index is 2.81. The fraction of sp³-hybridized carbons (Fsp3) is 0.611. The molecule has 1 N–H and O–H groups in total. The van der Waals surface area contributed by atoms with E-state index in [-0.39, 0.29) is 5.92 Å². The molecule has 0 saturated heterocycles. The molecule has 0 bridgehead atoms. The summed E-state index contributed by atoms with van der Waals surface area (Å²) in [4.78, 5) is 12.2. The van der Waals surface area contributed by atoms with Crippen LogP contribution in [0.25, 0.3) is 0 Å². The average molecular weight is 341 g/mol. The molecular formula is C18H25ClO4. The highest BCUT2D eigenvalue weighted by Crippen LogP contribution is 2.51. The van der Waals surface area contributed by atoms with E-state index in [1.807, 2.05) is 19.9 Å². The Morgan fingerprint density at radius 1 is 1.22 bits per heavy atom. The Morgan fingerprint density at radius 2 is 1.83 bits per heavy atom. The Bertz CT molecular complexity index is 589. The van der Waals surface area contributed by atoms with E-state index in [4.69, 9.17) is 21.1 Å². The number of carbonyl (C=O) groups is 1. The summed E-state index contributed by atoms with van der Waals surface area (Å²) in [5, 5.41) is 10.5. The third-order valence-electron chi connectivity index (χ3n) is 4.85. The average Bonchev–Trinajstić information content (AvgIpc) is 2.54. The van der Waals surface area contributed by atoms with Crippen molar-refractivity contribution in [2.24, 2.45) is 0 Å². The molecule has 1 aliphatic carbocycles. The molecular weight excluding hydrogens is 316 g/mol. The van der Waals surface area contributed by atoms with Crippen LogP contribution in [-0.2, 0) is 10.2 Å². The van der Waals surface area contributed by atoms with E-state index in [0.29, 0.717) is 34.9 Å². The number of carboxylic acid groups (broad SMARTS) is 1. The molecule has 1 fully saturated rings. The van der Waals surface area contributed by atoms with Crippen molar-refractivity contribution in [2.45, 2.75) is 57.3 Å². The van der Waals surface area contributed by atoms with Gasteiger partial charge in [0.05, 0.1) is 24.7 Å². The van der Waals surface area contributed by atoms with Crippen LogP contribution < -0.4 is 9.47 Å². The second-order valence-electron chi connectivity index (χ2n) is 6.49. The number of ether oxygens (including phenoxy) is 2. The maximum Gasteiger partial charge on any atom is 0.314 e. The lowest BCUT2D eigenvalue weighted by Crippen LogP contribution is -2.38. The number of benzene rings is 1. The van der Waals surface area contributed by atoms with Crippen molar-refractivity contribution in [3.63, 3.8) is 0 Å². The van der Waals surface area contributed by atoms with Gasteiger partial charge in [-0.05, 0) is 30.4 Å². The van der Waals surface area contributed by atoms with Gasteiger partial charge in [0.15, 0.2) is 11.5 Å². The van der Waals surface area contributed by atoms with Crippen LogP contribution in [0, 0.1) is 0 Å². The first-order valence-electron chi connectivity index (χ1n) is 8.07. The maximum atomic E-state index is 12.2. The second kappa shape index (κ2) is 7.00. The Hall–Kier alpha value is -1.42. The van der Waals surface area contributed by atoms with Crippen molar-refractivity contribution < 1.29 is 19.4 Å². The lowest BCUT2D eigenvalue weighted by molar-refractivity contribution is -0.145. The van der Waals surface area contributed by atoms with Crippen molar-refractivity contribution in [1.29, 1.82) is 0 Å². The summed E-state index contributed by atoms with van der Waals surface area (Å²) in [5.41, 5.74) is 0.473. The fourth-order valence-corrected chi connectivity index (χ4v) is 4.10. The minimum absolute atomic E-state index is 0.162. The smallest absolute Gasteiger partial charge is 0.314 e. The molecule has 5 heteroatoms. The second-order valence-corrected chi connectivity index (χ2v) is 6.87. The third-order valence-corrected chi connectivity index (χ3v) is 5.26. The molecule has 128 valence electrons. The van der Waals surface area contributed by atoms with Gasteiger partial charge in [-0.1, -0.05) is 44.7 Å². The monoisotopic (exact) mass is 340 g/mol. The molecule has 0 aromatic heterocycles. The van der Waals surface area contributed by atoms with Gasteiger partial charge in [-0.2, -0.15) is 0 Å². The minimum Gasteiger partial charge on any atom is -0.493 e. The SMILES string of the molecule is COc1cc(C(C)C)c(Cl)c(C2(C(=O)O)CCCCC2)c1OC. The molecule has 1 saturated carbocycles. The zero-order chi connectivity index (χ0) is 17.2. The van der Waals surface area contributed by atoms with Crippen LogP contribution in [0.5, 0.6) is 11.5 Å². The largest absolute Gasteiger partial charge is 0.493 e. The van der Waals surface area contributed by atoms with Gasteiger partial charge in [-0.25, -0.2) is 0 Å². The number of hydrogen-bond acceptors (Lipinski definition) is 3. The van der Waals surface area contributed by atoms with Crippen molar-refractivity contribution in [2.75, 3.05) is 14.2 Å². The number of halogens is 1. The predicted octanol–water partition coefficient (Wildman–Crippen LogP) is 4.77. The van der Waals surface area contributed by atoms with Crippen molar-refractivity contribution in [1.82, 2.24) is 0 Å². The van der Waals surface area contributed by atoms with Gasteiger partial charge in [0.25, 0.3) is 0 Å². The van der Waals surface area contributed by atoms with Gasteiger partial charge in [0.2, 0.25) is 0 Å². The highest BCUT2D eigenvalue weighted by atomic mass is 35.5. The first kappa shape index (κ1) is 17.9. The maximum absolute atomic E-state index is 12.2. The molecule has 0 aliphatic heterocycles. The summed E-state index contributed by atoms with van der Waals surface area (Å²) in [6.07, 6.45) is 3.95. The zero-order valence-corrected chi connectivity index (χ0v) is 15.0. The van der Waals surface area contributed by atoms with Gasteiger partial charge in [-0.15, -0.1) is 0 Å². The molecule has 4 nitrogen and oxygen atoms in total. The van der Waals surface area contributed by atoms with Gasteiger partial charge in [0.1, 0.15) is 0 Å². The first-order chi connectivity index (χ1) is 10.9. The zero-order valence-electron chi connectivity index (χ0n) is 14.2. The summed E-state index contributed by atoms with van der Waals surface area (Å²) in [6, 6.07) is 1.85. The normalized spacial score (nSPS) is 17.1. The van der Waals surface area contributed by atoms with Crippen LogP contribution in [0.15, 0.2) is 6.07 Å². The molecule has 0 heterocycles. The highest BCUT2D eigenvalue weighted by molar-refractivity contribution is 6.33. The summed E-state index contributed by atoms with van der Waals surface area (Å²) in [7, 11) is 3.10. The van der Waals surface area contributed by atoms with Crippen LogP contribution >= 0.6 is 11.6 Å². The van der Waals surface area contributed by atoms with Gasteiger partial charge < -0.3 is 14.6 Å². The van der Waals surface area contributed by atoms with E-state index >= 15 is 0 Å². The highest BCUT2D eigenvalue weighted by Gasteiger charge is 2.46. The molecule has 0 atom stereocenters. The Morgan fingerprint density at radius 3 is 2.26 bits per heavy atom. The lowest BCUT2D eigenvalue weighted by Gasteiger charge is -2.36. The number of rotatable bonds is 5. The topological polar surface area (TPSA) is 55.8 Å². The molecule has 0 unspecified atom stereocenters. The van der Waals surface area contributed by atoms with Crippen molar-refractivity contribution in [3.05, 3.63) is 22.2 Å². The van der Waals surface area contributed by atoms with E-state index in [1.54, 1.807) is 7.11 Å². The molecule has 2 rings (SSSR count). The van der Waals surface area contributed by atoms with Crippen LogP contribution in [0.1, 0.15) is 63.0 Å². The van der Waals surface area contributed by atoms with Gasteiger partial charge in [0, 0.05) is 5.56 Å².